The summed E-state index contributed by atoms with van der Waals surface area (Å²) in [6.07, 6.45) is 3.44. The van der Waals surface area contributed by atoms with E-state index in [9.17, 15) is 13.6 Å². The van der Waals surface area contributed by atoms with Crippen molar-refractivity contribution < 1.29 is 13.6 Å². The molecule has 2 unspecified atom stereocenters. The number of piperidine rings is 1. The topological polar surface area (TPSA) is 103 Å². The Bertz CT molecular complexity index is 1230. The third kappa shape index (κ3) is 5.04. The Balaban J connectivity index is 1.21. The quantitative estimate of drug-likeness (QED) is 0.486. The van der Waals surface area contributed by atoms with E-state index in [4.69, 9.17) is 11.6 Å². The van der Waals surface area contributed by atoms with Gasteiger partial charge < -0.3 is 14.4 Å². The molecule has 1 aromatic heterocycles. The number of nitrogens with zero attached hydrogens (tertiary/aromatic N) is 4. The first-order valence-corrected chi connectivity index (χ1v) is 13.8. The maximum atomic E-state index is 13.0. The van der Waals surface area contributed by atoms with E-state index in [1.165, 1.54) is 0 Å². The minimum Gasteiger partial charge on any atom is -0.593 e. The summed E-state index contributed by atoms with van der Waals surface area (Å²) >= 11 is 5.94. The highest BCUT2D eigenvalue weighted by molar-refractivity contribution is 7.95. The molecule has 0 bridgehead atoms. The van der Waals surface area contributed by atoms with Crippen LogP contribution in [0.3, 0.4) is 0 Å². The fraction of sp³-hybridized carbons (Fsp3) is 0.400. The Morgan fingerprint density at radius 2 is 1.77 bits per heavy atom. The van der Waals surface area contributed by atoms with Gasteiger partial charge in [-0.05, 0) is 55.5 Å². The molecule has 8 nitrogen and oxygen atoms in total. The van der Waals surface area contributed by atoms with Crippen molar-refractivity contribution in [1.29, 1.82) is 0 Å². The number of fused-ring (bicyclic) bond motifs is 1. The molecule has 0 spiro atoms. The molecule has 184 valence electrons. The van der Waals surface area contributed by atoms with Crippen molar-refractivity contribution in [2.75, 3.05) is 19.6 Å². The number of halogens is 1. The van der Waals surface area contributed by atoms with E-state index >= 15 is 0 Å². The standard InChI is InChI=1S/C25H28ClN5O3S/c26-20-8-6-18(7-9-20)12-15-27-25(32)22-10-11-23-28-29-24(31(22)23)19-13-16-30(17-14-19)35(33,34)21-4-2-1-3-5-21/h1-9,19,22H,10-17H2,(H-,27,32,33,34). The lowest BCUT2D eigenvalue weighted by atomic mass is 9.97. The van der Waals surface area contributed by atoms with Crippen LogP contribution < -0.4 is 5.32 Å². The molecule has 10 heteroatoms. The number of carbonyl (C=O) groups excluding carboxylic acids is 1. The van der Waals surface area contributed by atoms with Gasteiger partial charge in [-0.1, -0.05) is 46.1 Å². The second-order valence-electron chi connectivity index (χ2n) is 9.06. The van der Waals surface area contributed by atoms with Crippen LogP contribution in [0.1, 0.15) is 48.4 Å². The Kier molecular flexibility index (Phi) is 7.02. The molecule has 1 amide bonds. The van der Waals surface area contributed by atoms with Crippen molar-refractivity contribution in [2.45, 2.75) is 49.0 Å². The molecule has 1 fully saturated rings. The van der Waals surface area contributed by atoms with Gasteiger partial charge in [0.15, 0.2) is 15.3 Å². The zero-order valence-electron chi connectivity index (χ0n) is 19.3. The van der Waals surface area contributed by atoms with Crippen LogP contribution in [0.15, 0.2) is 59.5 Å². The van der Waals surface area contributed by atoms with Crippen LogP contribution >= 0.6 is 11.6 Å². The highest BCUT2D eigenvalue weighted by Gasteiger charge is 2.39. The molecule has 2 aliphatic rings. The molecule has 1 saturated heterocycles. The minimum absolute atomic E-state index is 0.0251. The number of hydrogen-bond donors (Lipinski definition) is 1. The number of benzene rings is 2. The first kappa shape index (κ1) is 24.1. The van der Waals surface area contributed by atoms with E-state index in [1.807, 2.05) is 28.8 Å². The van der Waals surface area contributed by atoms with Gasteiger partial charge in [0.05, 0.1) is 0 Å². The lowest BCUT2D eigenvalue weighted by Crippen LogP contribution is -2.42. The van der Waals surface area contributed by atoms with Gasteiger partial charge in [-0.2, -0.15) is 0 Å². The zero-order valence-corrected chi connectivity index (χ0v) is 20.9. The summed E-state index contributed by atoms with van der Waals surface area (Å²) in [7, 11) is -3.51. The van der Waals surface area contributed by atoms with Crippen molar-refractivity contribution >= 4 is 27.9 Å². The van der Waals surface area contributed by atoms with Gasteiger partial charge >= 0.3 is 0 Å². The molecule has 3 heterocycles. The second-order valence-corrected chi connectivity index (χ2v) is 11.4. The Morgan fingerprint density at radius 1 is 1.06 bits per heavy atom. The second kappa shape index (κ2) is 10.2. The van der Waals surface area contributed by atoms with Gasteiger partial charge in [-0.15, -0.1) is 14.5 Å². The van der Waals surface area contributed by atoms with E-state index in [2.05, 4.69) is 15.5 Å². The summed E-state index contributed by atoms with van der Waals surface area (Å²) in [5, 5.41) is 12.5. The van der Waals surface area contributed by atoms with Crippen molar-refractivity contribution in [2.24, 2.45) is 0 Å². The summed E-state index contributed by atoms with van der Waals surface area (Å²) in [5.74, 6) is 1.67. The largest absolute Gasteiger partial charge is 0.593 e. The molecule has 5 rings (SSSR count). The van der Waals surface area contributed by atoms with Crippen LogP contribution in [0, 0.1) is 0 Å². The lowest BCUT2D eigenvalue weighted by Gasteiger charge is -2.33. The van der Waals surface area contributed by atoms with E-state index < -0.39 is 10.4 Å². The predicted molar refractivity (Wildman–Crippen MR) is 133 cm³/mol. The van der Waals surface area contributed by atoms with Crippen molar-refractivity contribution in [3.63, 3.8) is 0 Å². The van der Waals surface area contributed by atoms with Crippen molar-refractivity contribution in [1.82, 2.24) is 24.4 Å². The van der Waals surface area contributed by atoms with Gasteiger partial charge in [0.25, 0.3) is 0 Å². The third-order valence-electron chi connectivity index (χ3n) is 6.87. The first-order chi connectivity index (χ1) is 16.9. The summed E-state index contributed by atoms with van der Waals surface area (Å²) in [4.78, 5) is 13.3. The summed E-state index contributed by atoms with van der Waals surface area (Å²) in [6.45, 7) is 1.38. The summed E-state index contributed by atoms with van der Waals surface area (Å²) < 4.78 is 29.5. The molecule has 1 N–H and O–H groups in total. The maximum Gasteiger partial charge on any atom is 0.243 e. The van der Waals surface area contributed by atoms with Gasteiger partial charge in [0, 0.05) is 37.0 Å². The molecule has 0 radical (unpaired) electrons. The minimum atomic E-state index is -3.51. The van der Waals surface area contributed by atoms with Gasteiger partial charge in [-0.3, -0.25) is 4.79 Å². The average Bonchev–Trinajstić information content (AvgIpc) is 3.48. The fourth-order valence-electron chi connectivity index (χ4n) is 4.96. The molecule has 2 aromatic carbocycles. The number of amides is 1. The number of aromatic nitrogens is 3. The maximum absolute atomic E-state index is 13.0. The number of sulfonamides is 1. The number of hydrogen-bond acceptors (Lipinski definition) is 5. The number of aryl methyl sites for hydroxylation is 1. The molecule has 2 atom stereocenters. The van der Waals surface area contributed by atoms with Crippen LogP contribution in [0.2, 0.25) is 5.02 Å². The van der Waals surface area contributed by atoms with Crippen LogP contribution in [0.5, 0.6) is 0 Å². The van der Waals surface area contributed by atoms with Crippen LogP contribution in [0.25, 0.3) is 0 Å². The molecule has 2 aliphatic heterocycles. The number of carbonyl (C=O) groups is 1. The number of rotatable bonds is 7. The smallest absolute Gasteiger partial charge is 0.243 e. The lowest BCUT2D eigenvalue weighted by molar-refractivity contribution is -0.124. The summed E-state index contributed by atoms with van der Waals surface area (Å²) in [6, 6.07) is 15.8. The normalized spacial score (nSPS) is 20.3. The van der Waals surface area contributed by atoms with Crippen LogP contribution in [-0.2, 0) is 32.2 Å². The SMILES string of the molecule is O=C(NCCc1ccc(Cl)cc1)C1CCc2nnc(C3CCN([S+](=O)([O-])c4ccccc4)CC3)n21. The van der Waals surface area contributed by atoms with Gasteiger partial charge in [-0.25, -0.2) is 0 Å². The predicted octanol–water partition coefficient (Wildman–Crippen LogP) is 3.56. The molecule has 0 aliphatic carbocycles. The highest BCUT2D eigenvalue weighted by atomic mass is 35.5. The molecule has 3 aromatic rings. The van der Waals surface area contributed by atoms with Gasteiger partial charge in [0.2, 0.25) is 5.91 Å². The fourth-order valence-corrected chi connectivity index (χ4v) is 6.58. The molecule has 0 saturated carbocycles. The van der Waals surface area contributed by atoms with E-state index in [0.29, 0.717) is 55.2 Å². The highest BCUT2D eigenvalue weighted by Crippen LogP contribution is 2.36. The molecular formula is C25H28ClN5O3S. The van der Waals surface area contributed by atoms with E-state index in [0.717, 1.165) is 23.6 Å². The van der Waals surface area contributed by atoms with Crippen molar-refractivity contribution in [3.05, 3.63) is 76.8 Å². The molecule has 35 heavy (non-hydrogen) atoms. The Morgan fingerprint density at radius 3 is 2.49 bits per heavy atom. The molecular weight excluding hydrogens is 486 g/mol. The van der Waals surface area contributed by atoms with Gasteiger partial charge in [0.1, 0.15) is 17.7 Å². The Hall–Kier alpha value is -2.59. The first-order valence-electron chi connectivity index (χ1n) is 11.9. The van der Waals surface area contributed by atoms with Crippen LogP contribution in [0.4, 0.5) is 0 Å². The van der Waals surface area contributed by atoms with Crippen LogP contribution in [-0.4, -0.2) is 49.2 Å². The zero-order chi connectivity index (χ0) is 24.4. The monoisotopic (exact) mass is 513 g/mol. The van der Waals surface area contributed by atoms with E-state index in [1.54, 1.807) is 34.6 Å². The average molecular weight is 514 g/mol. The van der Waals surface area contributed by atoms with Crippen molar-refractivity contribution in [3.8, 4) is 0 Å². The van der Waals surface area contributed by atoms with E-state index in [-0.39, 0.29) is 17.9 Å². The third-order valence-corrected chi connectivity index (χ3v) is 9.04. The number of nitrogens with one attached hydrogen (secondary N) is 1. The summed E-state index contributed by atoms with van der Waals surface area (Å²) in [5.41, 5.74) is 1.11. The Labute approximate surface area is 211 Å².